The molecule has 0 aromatic rings. The lowest BCUT2D eigenvalue weighted by atomic mass is 9.93. The van der Waals surface area contributed by atoms with Crippen LogP contribution in [0.25, 0.3) is 0 Å². The van der Waals surface area contributed by atoms with E-state index in [9.17, 15) is 4.79 Å². The van der Waals surface area contributed by atoms with E-state index in [4.69, 9.17) is 0 Å². The van der Waals surface area contributed by atoms with E-state index in [1.807, 2.05) is 20.8 Å². The zero-order chi connectivity index (χ0) is 14.9. The Kier molecular flexibility index (Phi) is 8.19. The molecule has 5 heteroatoms. The summed E-state index contributed by atoms with van der Waals surface area (Å²) in [4.78, 5) is 16.2. The highest BCUT2D eigenvalue weighted by Crippen LogP contribution is 2.15. The van der Waals surface area contributed by atoms with Crippen LogP contribution in [0.1, 0.15) is 41.0 Å². The third kappa shape index (κ3) is 7.70. The highest BCUT2D eigenvalue weighted by atomic mass is 16.2. The van der Waals surface area contributed by atoms with Crippen molar-refractivity contribution in [1.82, 2.24) is 16.0 Å². The van der Waals surface area contributed by atoms with Gasteiger partial charge >= 0.3 is 0 Å². The minimum atomic E-state index is -0.491. The molecule has 0 aromatic carbocycles. The number of nitrogens with one attached hydrogen (secondary N) is 3. The van der Waals surface area contributed by atoms with Gasteiger partial charge in [0.15, 0.2) is 5.96 Å². The summed E-state index contributed by atoms with van der Waals surface area (Å²) in [5, 5.41) is 9.15. The Morgan fingerprint density at radius 2 is 1.89 bits per heavy atom. The zero-order valence-corrected chi connectivity index (χ0v) is 13.3. The number of aliphatic imine (C=N–C) groups is 1. The van der Waals surface area contributed by atoms with Gasteiger partial charge in [-0.05, 0) is 33.1 Å². The summed E-state index contributed by atoms with van der Waals surface area (Å²) in [6.45, 7) is 12.4. The van der Waals surface area contributed by atoms with Crippen molar-refractivity contribution >= 4 is 11.9 Å². The monoisotopic (exact) mass is 270 g/mol. The van der Waals surface area contributed by atoms with Gasteiger partial charge in [-0.15, -0.1) is 0 Å². The maximum absolute atomic E-state index is 11.7. The van der Waals surface area contributed by atoms with Gasteiger partial charge < -0.3 is 16.0 Å². The largest absolute Gasteiger partial charge is 0.359 e. The number of carbonyl (C=O) groups excluding carboxylic acids is 1. The molecular formula is C14H30N4O. The second kappa shape index (κ2) is 8.77. The second-order valence-electron chi connectivity index (χ2n) is 5.77. The van der Waals surface area contributed by atoms with Crippen molar-refractivity contribution in [2.75, 3.05) is 26.7 Å². The van der Waals surface area contributed by atoms with E-state index in [1.165, 1.54) is 0 Å². The zero-order valence-electron chi connectivity index (χ0n) is 13.3. The molecule has 0 spiro atoms. The van der Waals surface area contributed by atoms with Crippen molar-refractivity contribution in [3.05, 3.63) is 0 Å². The van der Waals surface area contributed by atoms with E-state index in [-0.39, 0.29) is 5.91 Å². The average molecular weight is 270 g/mol. The summed E-state index contributed by atoms with van der Waals surface area (Å²) >= 11 is 0. The lowest BCUT2D eigenvalue weighted by Gasteiger charge is -2.21. The van der Waals surface area contributed by atoms with Crippen LogP contribution in [-0.4, -0.2) is 38.5 Å². The van der Waals surface area contributed by atoms with Gasteiger partial charge in [-0.1, -0.05) is 13.8 Å². The lowest BCUT2D eigenvalue weighted by Crippen LogP contribution is -2.41. The van der Waals surface area contributed by atoms with Gasteiger partial charge in [0.05, 0.1) is 12.0 Å². The van der Waals surface area contributed by atoms with Crippen LogP contribution in [0.4, 0.5) is 0 Å². The van der Waals surface area contributed by atoms with Crippen LogP contribution in [-0.2, 0) is 4.79 Å². The molecule has 0 fully saturated rings. The average Bonchev–Trinajstić information content (AvgIpc) is 2.34. The van der Waals surface area contributed by atoms with Gasteiger partial charge in [0.25, 0.3) is 0 Å². The molecule has 0 unspecified atom stereocenters. The molecule has 1 amide bonds. The standard InChI is InChI=1S/C14H30N4O/c1-7-16-13(17-9-8-11(2)3)18-10-14(4,5)12(19)15-6/h11H,7-10H2,1-6H3,(H,15,19)(H2,16,17,18). The van der Waals surface area contributed by atoms with Crippen molar-refractivity contribution in [2.24, 2.45) is 16.3 Å². The molecule has 0 aliphatic carbocycles. The quantitative estimate of drug-likeness (QED) is 0.483. The first-order chi connectivity index (χ1) is 8.83. The number of nitrogens with zero attached hydrogens (tertiary/aromatic N) is 1. The van der Waals surface area contributed by atoms with Crippen LogP contribution in [0.5, 0.6) is 0 Å². The van der Waals surface area contributed by atoms with E-state index in [0.29, 0.717) is 12.5 Å². The van der Waals surface area contributed by atoms with Gasteiger partial charge in [-0.3, -0.25) is 9.79 Å². The Morgan fingerprint density at radius 3 is 2.37 bits per heavy atom. The molecule has 0 aromatic heterocycles. The Hall–Kier alpha value is -1.26. The predicted molar refractivity (Wildman–Crippen MR) is 81.3 cm³/mol. The SMILES string of the molecule is CCNC(=NCC(C)(C)C(=O)NC)NCCC(C)C. The van der Waals surface area contributed by atoms with E-state index in [2.05, 4.69) is 34.8 Å². The predicted octanol–water partition coefficient (Wildman–Crippen LogP) is 1.36. The van der Waals surface area contributed by atoms with Crippen LogP contribution in [0.3, 0.4) is 0 Å². The van der Waals surface area contributed by atoms with E-state index in [0.717, 1.165) is 25.5 Å². The normalized spacial score (nSPS) is 12.5. The van der Waals surface area contributed by atoms with E-state index >= 15 is 0 Å². The molecule has 5 nitrogen and oxygen atoms in total. The van der Waals surface area contributed by atoms with Crippen molar-refractivity contribution in [3.8, 4) is 0 Å². The minimum Gasteiger partial charge on any atom is -0.359 e. The summed E-state index contributed by atoms with van der Waals surface area (Å²) in [6.07, 6.45) is 1.10. The topological polar surface area (TPSA) is 65.5 Å². The van der Waals surface area contributed by atoms with Crippen LogP contribution >= 0.6 is 0 Å². The van der Waals surface area contributed by atoms with Crippen molar-refractivity contribution in [2.45, 2.75) is 41.0 Å². The van der Waals surface area contributed by atoms with Crippen molar-refractivity contribution in [1.29, 1.82) is 0 Å². The molecule has 3 N–H and O–H groups in total. The van der Waals surface area contributed by atoms with Gasteiger partial charge in [-0.2, -0.15) is 0 Å². The molecule has 0 aliphatic heterocycles. The van der Waals surface area contributed by atoms with Gasteiger partial charge in [-0.25, -0.2) is 0 Å². The Bertz CT molecular complexity index is 298. The van der Waals surface area contributed by atoms with Crippen LogP contribution in [0, 0.1) is 11.3 Å². The van der Waals surface area contributed by atoms with Gasteiger partial charge in [0.1, 0.15) is 0 Å². The first kappa shape index (κ1) is 17.7. The van der Waals surface area contributed by atoms with Crippen molar-refractivity contribution in [3.63, 3.8) is 0 Å². The van der Waals surface area contributed by atoms with E-state index in [1.54, 1.807) is 7.05 Å². The summed E-state index contributed by atoms with van der Waals surface area (Å²) < 4.78 is 0. The Labute approximate surface area is 117 Å². The number of hydrogen-bond donors (Lipinski definition) is 3. The molecule has 112 valence electrons. The second-order valence-corrected chi connectivity index (χ2v) is 5.77. The molecule has 0 bridgehead atoms. The maximum Gasteiger partial charge on any atom is 0.227 e. The minimum absolute atomic E-state index is 0.00859. The summed E-state index contributed by atoms with van der Waals surface area (Å²) in [5.41, 5.74) is -0.491. The summed E-state index contributed by atoms with van der Waals surface area (Å²) in [6, 6.07) is 0. The molecule has 19 heavy (non-hydrogen) atoms. The van der Waals surface area contributed by atoms with Gasteiger partial charge in [0.2, 0.25) is 5.91 Å². The molecule has 0 atom stereocenters. The first-order valence-electron chi connectivity index (χ1n) is 7.07. The summed E-state index contributed by atoms with van der Waals surface area (Å²) in [5.74, 6) is 1.45. The first-order valence-corrected chi connectivity index (χ1v) is 7.07. The molecule has 0 saturated carbocycles. The fraction of sp³-hybridized carbons (Fsp3) is 0.857. The number of hydrogen-bond acceptors (Lipinski definition) is 2. The van der Waals surface area contributed by atoms with E-state index < -0.39 is 5.41 Å². The number of guanidine groups is 1. The van der Waals surface area contributed by atoms with Gasteiger partial charge in [0, 0.05) is 20.1 Å². The lowest BCUT2D eigenvalue weighted by molar-refractivity contribution is -0.128. The fourth-order valence-electron chi connectivity index (χ4n) is 1.51. The Morgan fingerprint density at radius 1 is 1.26 bits per heavy atom. The number of carbonyl (C=O) groups is 1. The van der Waals surface area contributed by atoms with Crippen molar-refractivity contribution < 1.29 is 4.79 Å². The maximum atomic E-state index is 11.7. The molecule has 0 saturated heterocycles. The number of amides is 1. The van der Waals surface area contributed by atoms with Crippen LogP contribution < -0.4 is 16.0 Å². The molecular weight excluding hydrogens is 240 g/mol. The molecule has 0 radical (unpaired) electrons. The third-order valence-corrected chi connectivity index (χ3v) is 2.83. The molecule has 0 aliphatic rings. The fourth-order valence-corrected chi connectivity index (χ4v) is 1.51. The highest BCUT2D eigenvalue weighted by Gasteiger charge is 2.26. The number of rotatable bonds is 7. The van der Waals surface area contributed by atoms with Crippen LogP contribution in [0.2, 0.25) is 0 Å². The molecule has 0 rings (SSSR count). The highest BCUT2D eigenvalue weighted by molar-refractivity contribution is 5.83. The molecule has 0 heterocycles. The third-order valence-electron chi connectivity index (χ3n) is 2.83. The smallest absolute Gasteiger partial charge is 0.227 e. The Balaban J connectivity index is 4.44. The summed E-state index contributed by atoms with van der Waals surface area (Å²) in [7, 11) is 1.65. The van der Waals surface area contributed by atoms with Crippen LogP contribution in [0.15, 0.2) is 4.99 Å².